The standard InChI is InChI=1S/C17H16N8S/c1-12(2)13-8-10-15(11-9-13)25-17(19-21-23-25)26-16-18-20-22-24(16)14-6-4-3-5-7-14/h3-12H,1-2H3. The first kappa shape index (κ1) is 16.4. The van der Waals surface area contributed by atoms with Crippen LogP contribution in [0.1, 0.15) is 25.3 Å². The van der Waals surface area contributed by atoms with E-state index in [2.05, 4.69) is 57.0 Å². The van der Waals surface area contributed by atoms with Crippen molar-refractivity contribution in [2.45, 2.75) is 30.1 Å². The highest BCUT2D eigenvalue weighted by Crippen LogP contribution is 2.26. The van der Waals surface area contributed by atoms with Gasteiger partial charge in [0.25, 0.3) is 0 Å². The van der Waals surface area contributed by atoms with Crippen LogP contribution in [-0.2, 0) is 0 Å². The molecule has 130 valence electrons. The van der Waals surface area contributed by atoms with Gasteiger partial charge in [0, 0.05) is 0 Å². The molecule has 0 saturated carbocycles. The Balaban J connectivity index is 1.64. The maximum atomic E-state index is 4.12. The van der Waals surface area contributed by atoms with Crippen LogP contribution in [0.4, 0.5) is 0 Å². The zero-order valence-corrected chi connectivity index (χ0v) is 15.1. The molecule has 4 rings (SSSR count). The average molecular weight is 364 g/mol. The van der Waals surface area contributed by atoms with Gasteiger partial charge in [-0.05, 0) is 68.4 Å². The van der Waals surface area contributed by atoms with E-state index in [9.17, 15) is 0 Å². The molecular formula is C17H16N8S. The van der Waals surface area contributed by atoms with E-state index >= 15 is 0 Å². The smallest absolute Gasteiger partial charge is 0.187 e. The number of rotatable bonds is 5. The second-order valence-corrected chi connectivity index (χ2v) is 6.86. The lowest BCUT2D eigenvalue weighted by atomic mass is 10.0. The third-order valence-electron chi connectivity index (χ3n) is 3.87. The molecule has 0 fully saturated rings. The summed E-state index contributed by atoms with van der Waals surface area (Å²) in [5, 5.41) is 25.1. The summed E-state index contributed by atoms with van der Waals surface area (Å²) in [4.78, 5) is 0. The summed E-state index contributed by atoms with van der Waals surface area (Å²) in [6, 6.07) is 17.9. The van der Waals surface area contributed by atoms with Crippen molar-refractivity contribution in [2.75, 3.05) is 0 Å². The molecule has 0 aliphatic carbocycles. The van der Waals surface area contributed by atoms with Crippen molar-refractivity contribution in [3.05, 3.63) is 60.2 Å². The fraction of sp³-hybridized carbons (Fsp3) is 0.176. The number of hydrogen-bond donors (Lipinski definition) is 0. The summed E-state index contributed by atoms with van der Waals surface area (Å²) >= 11 is 1.31. The second kappa shape index (κ2) is 7.04. The quantitative estimate of drug-likeness (QED) is 0.538. The maximum Gasteiger partial charge on any atom is 0.221 e. The van der Waals surface area contributed by atoms with E-state index < -0.39 is 0 Å². The topological polar surface area (TPSA) is 87.2 Å². The molecule has 0 radical (unpaired) electrons. The van der Waals surface area contributed by atoms with E-state index in [1.807, 2.05) is 42.5 Å². The third kappa shape index (κ3) is 3.21. The number of benzene rings is 2. The van der Waals surface area contributed by atoms with Crippen LogP contribution < -0.4 is 0 Å². The van der Waals surface area contributed by atoms with E-state index in [0.717, 1.165) is 11.4 Å². The fourth-order valence-electron chi connectivity index (χ4n) is 2.46. The summed E-state index contributed by atoms with van der Waals surface area (Å²) in [6.45, 7) is 4.33. The fourth-order valence-corrected chi connectivity index (χ4v) is 3.24. The molecule has 2 aromatic heterocycles. The number of nitrogens with zero attached hydrogens (tertiary/aromatic N) is 8. The maximum absolute atomic E-state index is 4.12. The molecule has 0 aliphatic heterocycles. The van der Waals surface area contributed by atoms with Crippen LogP contribution in [0.5, 0.6) is 0 Å². The monoisotopic (exact) mass is 364 g/mol. The van der Waals surface area contributed by atoms with Gasteiger partial charge in [-0.15, -0.1) is 10.2 Å². The van der Waals surface area contributed by atoms with E-state index in [1.54, 1.807) is 9.36 Å². The molecule has 9 heteroatoms. The third-order valence-corrected chi connectivity index (χ3v) is 4.74. The molecule has 0 spiro atoms. The molecule has 2 aromatic carbocycles. The highest BCUT2D eigenvalue weighted by molar-refractivity contribution is 7.99. The predicted molar refractivity (Wildman–Crippen MR) is 96.5 cm³/mol. The van der Waals surface area contributed by atoms with Gasteiger partial charge >= 0.3 is 0 Å². The Hall–Kier alpha value is -3.07. The van der Waals surface area contributed by atoms with Crippen molar-refractivity contribution in [2.24, 2.45) is 0 Å². The van der Waals surface area contributed by atoms with E-state index in [4.69, 9.17) is 0 Å². The number of tetrazole rings is 2. The van der Waals surface area contributed by atoms with E-state index in [1.165, 1.54) is 17.3 Å². The van der Waals surface area contributed by atoms with Crippen LogP contribution in [0.3, 0.4) is 0 Å². The summed E-state index contributed by atoms with van der Waals surface area (Å²) < 4.78 is 3.34. The van der Waals surface area contributed by atoms with Gasteiger partial charge in [-0.2, -0.15) is 9.36 Å². The van der Waals surface area contributed by atoms with E-state index in [0.29, 0.717) is 16.2 Å². The van der Waals surface area contributed by atoms with Crippen LogP contribution in [0.2, 0.25) is 0 Å². The van der Waals surface area contributed by atoms with Gasteiger partial charge in [0.15, 0.2) is 0 Å². The average Bonchev–Trinajstić information content (AvgIpc) is 3.32. The molecule has 0 N–H and O–H groups in total. The van der Waals surface area contributed by atoms with Crippen LogP contribution >= 0.6 is 11.8 Å². The minimum Gasteiger partial charge on any atom is -0.187 e. The Labute approximate surface area is 154 Å². The normalized spacial score (nSPS) is 11.2. The van der Waals surface area contributed by atoms with Gasteiger partial charge in [0.2, 0.25) is 10.3 Å². The first-order chi connectivity index (χ1) is 12.7. The molecule has 2 heterocycles. The lowest BCUT2D eigenvalue weighted by molar-refractivity contribution is 0.741. The van der Waals surface area contributed by atoms with Gasteiger partial charge in [0.1, 0.15) is 0 Å². The molecule has 0 unspecified atom stereocenters. The van der Waals surface area contributed by atoms with Gasteiger partial charge in [-0.25, -0.2) is 0 Å². The van der Waals surface area contributed by atoms with Crippen LogP contribution in [0.25, 0.3) is 11.4 Å². The molecule has 0 saturated heterocycles. The highest BCUT2D eigenvalue weighted by Gasteiger charge is 2.16. The van der Waals surface area contributed by atoms with Crippen molar-refractivity contribution >= 4 is 11.8 Å². The largest absolute Gasteiger partial charge is 0.221 e. The summed E-state index contributed by atoms with van der Waals surface area (Å²) in [6.07, 6.45) is 0. The molecule has 8 nitrogen and oxygen atoms in total. The van der Waals surface area contributed by atoms with Gasteiger partial charge in [0.05, 0.1) is 11.4 Å². The van der Waals surface area contributed by atoms with Crippen molar-refractivity contribution in [3.63, 3.8) is 0 Å². The molecular weight excluding hydrogens is 348 g/mol. The Bertz CT molecular complexity index is 991. The van der Waals surface area contributed by atoms with Gasteiger partial charge in [-0.3, -0.25) is 0 Å². The Kier molecular flexibility index (Phi) is 4.44. The van der Waals surface area contributed by atoms with Gasteiger partial charge in [-0.1, -0.05) is 44.2 Å². The summed E-state index contributed by atoms with van der Waals surface area (Å²) in [7, 11) is 0. The number of para-hydroxylation sites is 1. The molecule has 0 amide bonds. The Morgan fingerprint density at radius 2 is 1.27 bits per heavy atom. The van der Waals surface area contributed by atoms with Crippen LogP contribution in [-0.4, -0.2) is 40.4 Å². The van der Waals surface area contributed by atoms with Crippen molar-refractivity contribution in [3.8, 4) is 11.4 Å². The van der Waals surface area contributed by atoms with Crippen LogP contribution in [0, 0.1) is 0 Å². The van der Waals surface area contributed by atoms with Crippen molar-refractivity contribution in [1.82, 2.24) is 40.4 Å². The lowest BCUT2D eigenvalue weighted by Gasteiger charge is -2.08. The van der Waals surface area contributed by atoms with Gasteiger partial charge < -0.3 is 0 Å². The molecule has 0 aliphatic rings. The Morgan fingerprint density at radius 3 is 1.81 bits per heavy atom. The SMILES string of the molecule is CC(C)c1ccc(-n2nnnc2Sc2nnnn2-c2ccccc2)cc1. The first-order valence-corrected chi connectivity index (χ1v) is 8.94. The molecule has 26 heavy (non-hydrogen) atoms. The molecule has 0 atom stereocenters. The number of hydrogen-bond acceptors (Lipinski definition) is 7. The predicted octanol–water partition coefficient (Wildman–Crippen LogP) is 2.91. The van der Waals surface area contributed by atoms with E-state index in [-0.39, 0.29) is 0 Å². The van der Waals surface area contributed by atoms with Crippen molar-refractivity contribution in [1.29, 1.82) is 0 Å². The zero-order valence-electron chi connectivity index (χ0n) is 14.3. The molecule has 0 bridgehead atoms. The van der Waals surface area contributed by atoms with Crippen molar-refractivity contribution < 1.29 is 0 Å². The van der Waals surface area contributed by atoms with Crippen LogP contribution in [0.15, 0.2) is 64.9 Å². The Morgan fingerprint density at radius 1 is 0.731 bits per heavy atom. The highest BCUT2D eigenvalue weighted by atomic mass is 32.2. The minimum absolute atomic E-state index is 0.474. The first-order valence-electron chi connectivity index (χ1n) is 8.13. The minimum atomic E-state index is 0.474. The second-order valence-electron chi connectivity index (χ2n) is 5.93. The zero-order chi connectivity index (χ0) is 17.9. The molecule has 4 aromatic rings. The lowest BCUT2D eigenvalue weighted by Crippen LogP contribution is -2.02. The summed E-state index contributed by atoms with van der Waals surface area (Å²) in [5.74, 6) is 0.474. The summed E-state index contributed by atoms with van der Waals surface area (Å²) in [5.41, 5.74) is 3.03. The number of aromatic nitrogens is 8.